The molecule has 134 valence electrons. The maximum absolute atomic E-state index is 2.39. The molecule has 2 saturated carbocycles. The molecule has 1 aromatic rings. The molecule has 0 radical (unpaired) electrons. The van der Waals surface area contributed by atoms with E-state index in [0.29, 0.717) is 0 Å². The SMILES string of the molecule is CCCCCCC[C@H]1CC[C@@H]2C[C@H](c3ccc(C)cc3)CC[C@H]2C1. The largest absolute Gasteiger partial charge is 0.0654 e. The van der Waals surface area contributed by atoms with Crippen molar-refractivity contribution in [3.8, 4) is 0 Å². The molecule has 0 heteroatoms. The van der Waals surface area contributed by atoms with Crippen LogP contribution < -0.4 is 0 Å². The molecule has 0 saturated heterocycles. The fraction of sp³-hybridized carbons (Fsp3) is 0.750. The van der Waals surface area contributed by atoms with Gasteiger partial charge >= 0.3 is 0 Å². The Labute approximate surface area is 150 Å². The van der Waals surface area contributed by atoms with Crippen molar-refractivity contribution < 1.29 is 0 Å². The van der Waals surface area contributed by atoms with Gasteiger partial charge in [0.05, 0.1) is 0 Å². The molecule has 0 spiro atoms. The highest BCUT2D eigenvalue weighted by Gasteiger charge is 2.35. The summed E-state index contributed by atoms with van der Waals surface area (Å²) in [5.74, 6) is 3.99. The molecule has 0 bridgehead atoms. The van der Waals surface area contributed by atoms with Crippen molar-refractivity contribution in [2.75, 3.05) is 0 Å². The molecular formula is C24H38. The van der Waals surface area contributed by atoms with Gasteiger partial charge < -0.3 is 0 Å². The normalized spacial score (nSPS) is 30.1. The van der Waals surface area contributed by atoms with E-state index in [-0.39, 0.29) is 0 Å². The van der Waals surface area contributed by atoms with E-state index >= 15 is 0 Å². The van der Waals surface area contributed by atoms with Gasteiger partial charge in [0.15, 0.2) is 0 Å². The lowest BCUT2D eigenvalue weighted by Gasteiger charge is -2.42. The Balaban J connectivity index is 1.43. The maximum Gasteiger partial charge on any atom is -0.0159 e. The van der Waals surface area contributed by atoms with Crippen LogP contribution in [0.25, 0.3) is 0 Å². The molecule has 4 atom stereocenters. The Morgan fingerprint density at radius 3 is 2.29 bits per heavy atom. The fourth-order valence-electron chi connectivity index (χ4n) is 5.43. The quantitative estimate of drug-likeness (QED) is 0.451. The molecule has 0 unspecified atom stereocenters. The third kappa shape index (κ3) is 4.87. The van der Waals surface area contributed by atoms with E-state index in [1.807, 2.05) is 0 Å². The van der Waals surface area contributed by atoms with Gasteiger partial charge in [0.1, 0.15) is 0 Å². The third-order valence-electron chi connectivity index (χ3n) is 6.99. The average molecular weight is 327 g/mol. The van der Waals surface area contributed by atoms with Gasteiger partial charge in [0, 0.05) is 0 Å². The highest BCUT2D eigenvalue weighted by molar-refractivity contribution is 5.25. The second-order valence-electron chi connectivity index (χ2n) is 8.82. The lowest BCUT2D eigenvalue weighted by Crippen LogP contribution is -2.30. The average Bonchev–Trinajstić information content (AvgIpc) is 2.62. The van der Waals surface area contributed by atoms with Crippen LogP contribution in [-0.4, -0.2) is 0 Å². The topological polar surface area (TPSA) is 0 Å². The molecule has 0 amide bonds. The van der Waals surface area contributed by atoms with Crippen molar-refractivity contribution in [1.82, 2.24) is 0 Å². The van der Waals surface area contributed by atoms with E-state index < -0.39 is 0 Å². The minimum atomic E-state index is 0.845. The van der Waals surface area contributed by atoms with Gasteiger partial charge in [-0.15, -0.1) is 0 Å². The van der Waals surface area contributed by atoms with Crippen LogP contribution in [0, 0.1) is 24.7 Å². The number of fused-ring (bicyclic) bond motifs is 1. The van der Waals surface area contributed by atoms with E-state index in [1.54, 1.807) is 12.0 Å². The van der Waals surface area contributed by atoms with Gasteiger partial charge in [-0.1, -0.05) is 81.7 Å². The van der Waals surface area contributed by atoms with Gasteiger partial charge in [0.2, 0.25) is 0 Å². The molecule has 1 aromatic carbocycles. The first-order chi connectivity index (χ1) is 11.8. The van der Waals surface area contributed by atoms with E-state index in [2.05, 4.69) is 38.1 Å². The Bertz CT molecular complexity index is 471. The predicted octanol–water partition coefficient (Wildman–Crippen LogP) is 7.66. The molecule has 0 nitrogen and oxygen atoms in total. The molecule has 2 fully saturated rings. The lowest BCUT2D eigenvalue weighted by atomic mass is 9.63. The highest BCUT2D eigenvalue weighted by Crippen LogP contribution is 2.48. The summed E-state index contributed by atoms with van der Waals surface area (Å²) in [6.45, 7) is 4.51. The van der Waals surface area contributed by atoms with Gasteiger partial charge in [-0.2, -0.15) is 0 Å². The van der Waals surface area contributed by atoms with Crippen LogP contribution >= 0.6 is 0 Å². The summed E-state index contributed by atoms with van der Waals surface area (Å²) in [5, 5.41) is 0. The molecule has 2 aliphatic carbocycles. The Hall–Kier alpha value is -0.780. The van der Waals surface area contributed by atoms with Crippen molar-refractivity contribution in [2.24, 2.45) is 17.8 Å². The maximum atomic E-state index is 2.39. The van der Waals surface area contributed by atoms with Crippen LogP contribution in [0.3, 0.4) is 0 Å². The highest BCUT2D eigenvalue weighted by atomic mass is 14.4. The Kier molecular flexibility index (Phi) is 6.81. The van der Waals surface area contributed by atoms with E-state index in [1.165, 1.54) is 76.2 Å². The van der Waals surface area contributed by atoms with Crippen molar-refractivity contribution >= 4 is 0 Å². The molecule has 24 heavy (non-hydrogen) atoms. The predicted molar refractivity (Wildman–Crippen MR) is 105 cm³/mol. The summed E-state index contributed by atoms with van der Waals surface area (Å²) in [7, 11) is 0. The summed E-state index contributed by atoms with van der Waals surface area (Å²) in [5.41, 5.74) is 3.00. The number of aryl methyl sites for hydroxylation is 1. The summed E-state index contributed by atoms with van der Waals surface area (Å²) in [6, 6.07) is 9.39. The molecule has 0 heterocycles. The molecular weight excluding hydrogens is 288 g/mol. The van der Waals surface area contributed by atoms with Gasteiger partial charge in [-0.05, 0) is 68.3 Å². The van der Waals surface area contributed by atoms with Crippen LogP contribution in [0.2, 0.25) is 0 Å². The molecule has 0 aromatic heterocycles. The number of benzene rings is 1. The first-order valence-electron chi connectivity index (χ1n) is 10.8. The van der Waals surface area contributed by atoms with Crippen LogP contribution in [0.1, 0.15) is 101 Å². The second kappa shape index (κ2) is 9.07. The Morgan fingerprint density at radius 2 is 1.50 bits per heavy atom. The number of hydrogen-bond donors (Lipinski definition) is 0. The van der Waals surface area contributed by atoms with Crippen molar-refractivity contribution in [3.05, 3.63) is 35.4 Å². The molecule has 0 N–H and O–H groups in total. The first kappa shape index (κ1) is 18.0. The summed E-state index contributed by atoms with van der Waals surface area (Å²) in [6.07, 6.45) is 17.8. The second-order valence-corrected chi connectivity index (χ2v) is 8.82. The van der Waals surface area contributed by atoms with Crippen LogP contribution in [0.4, 0.5) is 0 Å². The smallest absolute Gasteiger partial charge is 0.0159 e. The van der Waals surface area contributed by atoms with Gasteiger partial charge in [-0.3, -0.25) is 0 Å². The van der Waals surface area contributed by atoms with Crippen LogP contribution in [0.15, 0.2) is 24.3 Å². The summed E-state index contributed by atoms with van der Waals surface area (Å²) in [4.78, 5) is 0. The zero-order valence-electron chi connectivity index (χ0n) is 16.1. The van der Waals surface area contributed by atoms with E-state index in [0.717, 1.165) is 23.7 Å². The molecule has 3 rings (SSSR count). The van der Waals surface area contributed by atoms with Crippen molar-refractivity contribution in [1.29, 1.82) is 0 Å². The number of unbranched alkanes of at least 4 members (excludes halogenated alkanes) is 4. The molecule has 0 aliphatic heterocycles. The number of hydrogen-bond acceptors (Lipinski definition) is 0. The van der Waals surface area contributed by atoms with E-state index in [4.69, 9.17) is 0 Å². The zero-order valence-corrected chi connectivity index (χ0v) is 16.1. The van der Waals surface area contributed by atoms with Crippen molar-refractivity contribution in [2.45, 2.75) is 96.8 Å². The summed E-state index contributed by atoms with van der Waals surface area (Å²) < 4.78 is 0. The number of rotatable bonds is 7. The minimum absolute atomic E-state index is 0.845. The van der Waals surface area contributed by atoms with E-state index in [9.17, 15) is 0 Å². The lowest BCUT2D eigenvalue weighted by molar-refractivity contribution is 0.113. The third-order valence-corrected chi connectivity index (χ3v) is 6.99. The fourth-order valence-corrected chi connectivity index (χ4v) is 5.43. The van der Waals surface area contributed by atoms with Crippen molar-refractivity contribution in [3.63, 3.8) is 0 Å². The molecule has 2 aliphatic rings. The van der Waals surface area contributed by atoms with Gasteiger partial charge in [0.25, 0.3) is 0 Å². The zero-order chi connectivity index (χ0) is 16.8. The first-order valence-corrected chi connectivity index (χ1v) is 10.8. The van der Waals surface area contributed by atoms with Gasteiger partial charge in [-0.25, -0.2) is 0 Å². The minimum Gasteiger partial charge on any atom is -0.0654 e. The van der Waals surface area contributed by atoms with Crippen LogP contribution in [0.5, 0.6) is 0 Å². The monoisotopic (exact) mass is 326 g/mol. The van der Waals surface area contributed by atoms with Crippen LogP contribution in [-0.2, 0) is 0 Å². The standard InChI is InChI=1S/C24H38/c1-3-4-5-6-7-8-20-11-14-24-18-23(16-15-22(24)17-20)21-12-9-19(2)10-13-21/h9-10,12-13,20,22-24H,3-8,11,14-18H2,1-2H3/t20-,22-,23+,24+/m0/s1. The Morgan fingerprint density at radius 1 is 0.792 bits per heavy atom. The summed E-state index contributed by atoms with van der Waals surface area (Å²) >= 11 is 0.